The summed E-state index contributed by atoms with van der Waals surface area (Å²) in [6.07, 6.45) is 0. The second-order valence-corrected chi connectivity index (χ2v) is 6.45. The van der Waals surface area contributed by atoms with E-state index in [2.05, 4.69) is 14.6 Å². The Bertz CT molecular complexity index is 604. The Morgan fingerprint density at radius 2 is 2.11 bits per heavy atom. The largest absolute Gasteiger partial charge is 0.311 e. The fraction of sp³-hybridized carbons (Fsp3) is 0.667. The zero-order valence-corrected chi connectivity index (χ0v) is 13.1. The van der Waals surface area contributed by atoms with E-state index in [1.54, 1.807) is 0 Å². The van der Waals surface area contributed by atoms with Crippen LogP contribution in [0.2, 0.25) is 0 Å². The van der Waals surface area contributed by atoms with Gasteiger partial charge in [-0.3, -0.25) is 4.21 Å². The van der Waals surface area contributed by atoms with Gasteiger partial charge in [0.2, 0.25) is 0 Å². The van der Waals surface area contributed by atoms with Gasteiger partial charge in [-0.15, -0.1) is 11.6 Å². The molecule has 0 aliphatic heterocycles. The lowest BCUT2D eigenvalue weighted by molar-refractivity contribution is 0.629. The van der Waals surface area contributed by atoms with Crippen molar-refractivity contribution >= 4 is 33.6 Å². The quantitative estimate of drug-likeness (QED) is 0.768. The zero-order valence-electron chi connectivity index (χ0n) is 11.5. The summed E-state index contributed by atoms with van der Waals surface area (Å²) in [5.74, 6) is 2.49. The average Bonchev–Trinajstić information content (AvgIpc) is 2.93. The first-order valence-electron chi connectivity index (χ1n) is 6.45. The van der Waals surface area contributed by atoms with E-state index >= 15 is 0 Å². The van der Waals surface area contributed by atoms with Gasteiger partial charge in [0.25, 0.3) is 0 Å². The fourth-order valence-corrected chi connectivity index (χ4v) is 3.04. The molecule has 2 aromatic rings. The van der Waals surface area contributed by atoms with Crippen LogP contribution in [0.25, 0.3) is 11.2 Å². The van der Waals surface area contributed by atoms with Gasteiger partial charge in [-0.25, -0.2) is 9.67 Å². The van der Waals surface area contributed by atoms with Crippen molar-refractivity contribution in [1.82, 2.24) is 19.3 Å². The van der Waals surface area contributed by atoms with Gasteiger partial charge >= 0.3 is 0 Å². The Morgan fingerprint density at radius 1 is 1.37 bits per heavy atom. The van der Waals surface area contributed by atoms with Gasteiger partial charge in [0.05, 0.1) is 11.6 Å². The highest BCUT2D eigenvalue weighted by atomic mass is 35.5. The summed E-state index contributed by atoms with van der Waals surface area (Å²) in [4.78, 5) is 4.55. The molecule has 0 fully saturated rings. The van der Waals surface area contributed by atoms with Crippen LogP contribution in [0.5, 0.6) is 0 Å². The molecule has 0 aliphatic carbocycles. The number of imidazole rings is 1. The van der Waals surface area contributed by atoms with Crippen molar-refractivity contribution in [2.75, 3.05) is 11.5 Å². The topological polar surface area (TPSA) is 52.7 Å². The monoisotopic (exact) mass is 302 g/mol. The van der Waals surface area contributed by atoms with E-state index < -0.39 is 10.8 Å². The lowest BCUT2D eigenvalue weighted by atomic mass is 10.4. The van der Waals surface area contributed by atoms with Gasteiger partial charge in [-0.2, -0.15) is 5.10 Å². The molecular formula is C12H19ClN4OS. The van der Waals surface area contributed by atoms with Gasteiger partial charge in [-0.1, -0.05) is 6.92 Å². The third-order valence-electron chi connectivity index (χ3n) is 3.16. The van der Waals surface area contributed by atoms with Crippen molar-refractivity contribution in [2.24, 2.45) is 0 Å². The molecular weight excluding hydrogens is 284 g/mol. The Labute approximate surface area is 120 Å². The molecule has 1 atom stereocenters. The normalized spacial score (nSPS) is 13.3. The number of rotatable bonds is 6. The van der Waals surface area contributed by atoms with E-state index in [9.17, 15) is 4.21 Å². The van der Waals surface area contributed by atoms with Gasteiger partial charge in [-0.05, 0) is 13.8 Å². The third kappa shape index (κ3) is 2.69. The van der Waals surface area contributed by atoms with E-state index in [0.717, 1.165) is 29.2 Å². The number of aromatic nitrogens is 4. The van der Waals surface area contributed by atoms with Crippen molar-refractivity contribution in [3.8, 4) is 0 Å². The minimum atomic E-state index is -0.788. The minimum Gasteiger partial charge on any atom is -0.311 e. The Morgan fingerprint density at radius 3 is 2.68 bits per heavy atom. The summed E-state index contributed by atoms with van der Waals surface area (Å²) < 4.78 is 15.6. The molecule has 7 heteroatoms. The average molecular weight is 303 g/mol. The third-order valence-corrected chi connectivity index (χ3v) is 4.68. The van der Waals surface area contributed by atoms with E-state index in [1.807, 2.05) is 25.5 Å². The molecule has 1 unspecified atom stereocenters. The summed E-state index contributed by atoms with van der Waals surface area (Å²) in [5.41, 5.74) is 2.81. The number of hydrogen-bond acceptors (Lipinski definition) is 3. The summed E-state index contributed by atoms with van der Waals surface area (Å²) in [6, 6.07) is 0. The molecule has 0 saturated carbocycles. The predicted octanol–water partition coefficient (Wildman–Crippen LogP) is 2.07. The maximum Gasteiger partial charge on any atom is 0.158 e. The lowest BCUT2D eigenvalue weighted by Crippen LogP contribution is -2.13. The molecule has 0 spiro atoms. The zero-order chi connectivity index (χ0) is 14.0. The van der Waals surface area contributed by atoms with E-state index in [4.69, 9.17) is 11.6 Å². The van der Waals surface area contributed by atoms with Crippen LogP contribution in [0.4, 0.5) is 0 Å². The minimum absolute atomic E-state index is 0.358. The highest BCUT2D eigenvalue weighted by Gasteiger charge is 2.17. The van der Waals surface area contributed by atoms with Crippen LogP contribution in [-0.4, -0.2) is 35.0 Å². The second kappa shape index (κ2) is 6.05. The molecule has 2 aromatic heterocycles. The molecule has 0 saturated heterocycles. The summed E-state index contributed by atoms with van der Waals surface area (Å²) in [6.45, 7) is 7.39. The first kappa shape index (κ1) is 14.5. The van der Waals surface area contributed by atoms with Crippen LogP contribution < -0.4 is 0 Å². The number of alkyl halides is 1. The Kier molecular flexibility index (Phi) is 4.62. The Hall–Kier alpha value is -0.880. The van der Waals surface area contributed by atoms with Crippen LogP contribution in [-0.2, 0) is 29.8 Å². The number of hydrogen-bond donors (Lipinski definition) is 0. The maximum atomic E-state index is 11.6. The van der Waals surface area contributed by atoms with Crippen LogP contribution >= 0.6 is 11.6 Å². The first-order valence-corrected chi connectivity index (χ1v) is 8.48. The maximum absolute atomic E-state index is 11.6. The standard InChI is InChI=1S/C12H19ClN4OS/c1-4-17-12-11(9(3)15-17)14-10(8-13)16(12)6-7-19(18)5-2/h4-8H2,1-3H3. The summed E-state index contributed by atoms with van der Waals surface area (Å²) >= 11 is 5.97. The first-order chi connectivity index (χ1) is 9.12. The molecule has 106 valence electrons. The van der Waals surface area contributed by atoms with Crippen LogP contribution in [0.3, 0.4) is 0 Å². The predicted molar refractivity (Wildman–Crippen MR) is 79.0 cm³/mol. The molecule has 0 bridgehead atoms. The number of nitrogens with zero attached hydrogens (tertiary/aromatic N) is 4. The molecule has 5 nitrogen and oxygen atoms in total. The van der Waals surface area contributed by atoms with Gasteiger partial charge in [0.15, 0.2) is 5.65 Å². The number of fused-ring (bicyclic) bond motifs is 1. The van der Waals surface area contributed by atoms with Gasteiger partial charge in [0.1, 0.15) is 11.3 Å². The molecule has 0 radical (unpaired) electrons. The van der Waals surface area contributed by atoms with Gasteiger partial charge < -0.3 is 4.57 Å². The molecule has 2 heterocycles. The smallest absolute Gasteiger partial charge is 0.158 e. The van der Waals surface area contributed by atoms with Crippen molar-refractivity contribution in [3.05, 3.63) is 11.5 Å². The number of aryl methyl sites for hydroxylation is 3. The van der Waals surface area contributed by atoms with Crippen LogP contribution in [0.1, 0.15) is 25.4 Å². The van der Waals surface area contributed by atoms with Crippen molar-refractivity contribution in [1.29, 1.82) is 0 Å². The van der Waals surface area contributed by atoms with E-state index in [1.165, 1.54) is 0 Å². The molecule has 0 aliphatic rings. The molecule has 0 amide bonds. The molecule has 2 rings (SSSR count). The van der Waals surface area contributed by atoms with E-state index in [0.29, 0.717) is 23.9 Å². The highest BCUT2D eigenvalue weighted by molar-refractivity contribution is 7.84. The fourth-order valence-electron chi connectivity index (χ4n) is 2.16. The van der Waals surface area contributed by atoms with Crippen LogP contribution in [0, 0.1) is 6.92 Å². The summed E-state index contributed by atoms with van der Waals surface area (Å²) in [7, 11) is -0.788. The van der Waals surface area contributed by atoms with Crippen molar-refractivity contribution < 1.29 is 4.21 Å². The molecule has 19 heavy (non-hydrogen) atoms. The summed E-state index contributed by atoms with van der Waals surface area (Å²) in [5, 5.41) is 4.47. The molecule has 0 aromatic carbocycles. The van der Waals surface area contributed by atoms with Crippen molar-refractivity contribution in [2.45, 2.75) is 39.7 Å². The van der Waals surface area contributed by atoms with Crippen LogP contribution in [0.15, 0.2) is 0 Å². The van der Waals surface area contributed by atoms with Gasteiger partial charge in [0, 0.05) is 35.4 Å². The van der Waals surface area contributed by atoms with Crippen molar-refractivity contribution in [3.63, 3.8) is 0 Å². The SMILES string of the molecule is CCn1nc(C)c2nc(CCl)n(CCS(=O)CC)c21. The molecule has 0 N–H and O–H groups in total. The number of halogens is 1. The Balaban J connectivity index is 2.46. The lowest BCUT2D eigenvalue weighted by Gasteiger charge is -2.08. The second-order valence-electron chi connectivity index (χ2n) is 4.32. The van der Waals surface area contributed by atoms with E-state index in [-0.39, 0.29) is 0 Å². The highest BCUT2D eigenvalue weighted by Crippen LogP contribution is 2.20.